The SMILES string of the molecule is COC(=O)Cc1[nH]c(=O)n(CC(=O)O)c1O. The molecule has 1 rings (SSSR count). The topological polar surface area (TPSA) is 122 Å². The third kappa shape index (κ3) is 2.41. The minimum atomic E-state index is -1.28. The van der Waals surface area contributed by atoms with Crippen molar-refractivity contribution in [3.8, 4) is 5.88 Å². The lowest BCUT2D eigenvalue weighted by Gasteiger charge is -1.99. The Balaban J connectivity index is 3.02. The number of ether oxygens (including phenoxy) is 1. The van der Waals surface area contributed by atoms with Gasteiger partial charge in [0, 0.05) is 0 Å². The molecule has 0 aliphatic rings. The Morgan fingerprint density at radius 3 is 2.62 bits per heavy atom. The van der Waals surface area contributed by atoms with Crippen LogP contribution in [0.2, 0.25) is 0 Å². The molecule has 8 heteroatoms. The smallest absolute Gasteiger partial charge is 0.329 e. The number of imidazole rings is 1. The van der Waals surface area contributed by atoms with Crippen molar-refractivity contribution in [1.29, 1.82) is 0 Å². The summed E-state index contributed by atoms with van der Waals surface area (Å²) in [5, 5.41) is 17.9. The summed E-state index contributed by atoms with van der Waals surface area (Å²) in [6.07, 6.45) is -0.329. The average Bonchev–Trinajstić information content (AvgIpc) is 2.45. The van der Waals surface area contributed by atoms with E-state index in [-0.39, 0.29) is 12.1 Å². The van der Waals surface area contributed by atoms with Crippen molar-refractivity contribution < 1.29 is 24.5 Å². The fourth-order valence-electron chi connectivity index (χ4n) is 1.13. The number of H-pyrrole nitrogens is 1. The monoisotopic (exact) mass is 230 g/mol. The number of nitrogens with one attached hydrogen (secondary N) is 1. The van der Waals surface area contributed by atoms with Crippen LogP contribution in [0.4, 0.5) is 0 Å². The van der Waals surface area contributed by atoms with Crippen LogP contribution in [0, 0.1) is 0 Å². The zero-order chi connectivity index (χ0) is 12.3. The Labute approximate surface area is 89.1 Å². The number of carbonyl (C=O) groups is 2. The van der Waals surface area contributed by atoms with Crippen molar-refractivity contribution in [2.75, 3.05) is 7.11 Å². The quantitative estimate of drug-likeness (QED) is 0.551. The summed E-state index contributed by atoms with van der Waals surface area (Å²) in [6.45, 7) is -0.678. The highest BCUT2D eigenvalue weighted by Crippen LogP contribution is 2.13. The van der Waals surface area contributed by atoms with Gasteiger partial charge in [0.25, 0.3) is 0 Å². The maximum atomic E-state index is 11.2. The van der Waals surface area contributed by atoms with Crippen molar-refractivity contribution in [2.45, 2.75) is 13.0 Å². The molecule has 3 N–H and O–H groups in total. The van der Waals surface area contributed by atoms with E-state index in [9.17, 15) is 19.5 Å². The summed E-state index contributed by atoms with van der Waals surface area (Å²) in [5.74, 6) is -2.50. The van der Waals surface area contributed by atoms with Crippen LogP contribution in [0.15, 0.2) is 4.79 Å². The molecule has 0 amide bonds. The van der Waals surface area contributed by atoms with Gasteiger partial charge < -0.3 is 19.9 Å². The zero-order valence-corrected chi connectivity index (χ0v) is 8.39. The molecule has 0 fully saturated rings. The minimum Gasteiger partial charge on any atom is -0.493 e. The van der Waals surface area contributed by atoms with Crippen molar-refractivity contribution in [3.63, 3.8) is 0 Å². The second-order valence-electron chi connectivity index (χ2n) is 2.97. The van der Waals surface area contributed by atoms with Crippen LogP contribution < -0.4 is 5.69 Å². The van der Waals surface area contributed by atoms with Crippen LogP contribution in [-0.2, 0) is 27.3 Å². The second kappa shape index (κ2) is 4.51. The molecular formula is C8H10N2O6. The fourth-order valence-corrected chi connectivity index (χ4v) is 1.13. The number of carbonyl (C=O) groups excluding carboxylic acids is 1. The van der Waals surface area contributed by atoms with Crippen molar-refractivity contribution in [1.82, 2.24) is 9.55 Å². The molecule has 0 saturated heterocycles. The van der Waals surface area contributed by atoms with Crippen LogP contribution in [0.25, 0.3) is 0 Å². The lowest BCUT2D eigenvalue weighted by atomic mass is 10.3. The molecule has 16 heavy (non-hydrogen) atoms. The number of rotatable bonds is 4. The number of nitrogens with zero attached hydrogens (tertiary/aromatic N) is 1. The highest BCUT2D eigenvalue weighted by molar-refractivity contribution is 5.72. The highest BCUT2D eigenvalue weighted by atomic mass is 16.5. The van der Waals surface area contributed by atoms with Gasteiger partial charge in [0.1, 0.15) is 6.54 Å². The molecule has 1 aromatic rings. The number of carboxylic acids is 1. The van der Waals surface area contributed by atoms with E-state index in [0.29, 0.717) is 4.57 Å². The number of aromatic nitrogens is 2. The summed E-state index contributed by atoms with van der Waals surface area (Å²) < 4.78 is 4.95. The number of hydrogen-bond donors (Lipinski definition) is 3. The molecule has 0 aliphatic heterocycles. The van der Waals surface area contributed by atoms with Crippen molar-refractivity contribution in [3.05, 3.63) is 16.2 Å². The molecule has 0 unspecified atom stereocenters. The third-order valence-electron chi connectivity index (χ3n) is 1.87. The molecule has 0 aromatic carbocycles. The van der Waals surface area contributed by atoms with E-state index in [2.05, 4.69) is 9.72 Å². The third-order valence-corrected chi connectivity index (χ3v) is 1.87. The van der Waals surface area contributed by atoms with Crippen molar-refractivity contribution in [2.24, 2.45) is 0 Å². The number of esters is 1. The van der Waals surface area contributed by atoms with Crippen molar-refractivity contribution >= 4 is 11.9 Å². The molecule has 1 aromatic heterocycles. The first-order chi connectivity index (χ1) is 7.45. The number of aliphatic carboxylic acids is 1. The molecule has 0 aliphatic carbocycles. The van der Waals surface area contributed by atoms with Gasteiger partial charge in [-0.05, 0) is 0 Å². The number of hydrogen-bond acceptors (Lipinski definition) is 5. The number of aromatic hydroxyl groups is 1. The second-order valence-corrected chi connectivity index (χ2v) is 2.97. The molecule has 0 spiro atoms. The Hall–Kier alpha value is -2.25. The Kier molecular flexibility index (Phi) is 3.33. The van der Waals surface area contributed by atoms with Gasteiger partial charge in [0.2, 0.25) is 5.88 Å². The molecule has 0 radical (unpaired) electrons. The maximum absolute atomic E-state index is 11.2. The Morgan fingerprint density at radius 2 is 2.12 bits per heavy atom. The van der Waals surface area contributed by atoms with E-state index >= 15 is 0 Å². The first-order valence-corrected chi connectivity index (χ1v) is 4.25. The largest absolute Gasteiger partial charge is 0.493 e. The van der Waals surface area contributed by atoms with E-state index in [4.69, 9.17) is 5.11 Å². The standard InChI is InChI=1S/C8H10N2O6/c1-16-6(13)2-4-7(14)10(3-5(11)12)8(15)9-4/h14H,2-3H2,1H3,(H,9,15)(H,11,12). The van der Waals surface area contributed by atoms with E-state index in [1.807, 2.05) is 0 Å². The first-order valence-electron chi connectivity index (χ1n) is 4.25. The van der Waals surface area contributed by atoms with Crippen LogP contribution in [-0.4, -0.2) is 38.8 Å². The number of methoxy groups -OCH3 is 1. The van der Waals surface area contributed by atoms with E-state index in [1.165, 1.54) is 0 Å². The van der Waals surface area contributed by atoms with Crippen LogP contribution in [0.3, 0.4) is 0 Å². The minimum absolute atomic E-state index is 0.0712. The predicted octanol–water partition coefficient (Wildman–Crippen LogP) is -1.32. The maximum Gasteiger partial charge on any atom is 0.329 e. The average molecular weight is 230 g/mol. The predicted molar refractivity (Wildman–Crippen MR) is 50.1 cm³/mol. The summed E-state index contributed by atoms with van der Waals surface area (Å²) in [4.78, 5) is 34.7. The molecule has 1 heterocycles. The van der Waals surface area contributed by atoms with Gasteiger partial charge in [-0.1, -0.05) is 0 Å². The molecule has 8 nitrogen and oxygen atoms in total. The molecular weight excluding hydrogens is 220 g/mol. The number of carboxylic acid groups (broad SMARTS) is 1. The van der Waals surface area contributed by atoms with Gasteiger partial charge in [-0.3, -0.25) is 14.2 Å². The van der Waals surface area contributed by atoms with Gasteiger partial charge in [0.05, 0.1) is 19.2 Å². The summed E-state index contributed by atoms with van der Waals surface area (Å²) in [5.41, 5.74) is -0.864. The highest BCUT2D eigenvalue weighted by Gasteiger charge is 2.17. The zero-order valence-electron chi connectivity index (χ0n) is 8.39. The van der Waals surface area contributed by atoms with Gasteiger partial charge >= 0.3 is 17.6 Å². The van der Waals surface area contributed by atoms with Crippen LogP contribution in [0.5, 0.6) is 5.88 Å². The fraction of sp³-hybridized carbons (Fsp3) is 0.375. The molecule has 0 atom stereocenters. The number of aromatic amines is 1. The van der Waals surface area contributed by atoms with Crippen LogP contribution >= 0.6 is 0 Å². The lowest BCUT2D eigenvalue weighted by Crippen LogP contribution is -2.21. The molecule has 88 valence electrons. The van der Waals surface area contributed by atoms with E-state index < -0.39 is 30.1 Å². The first kappa shape index (κ1) is 11.8. The van der Waals surface area contributed by atoms with E-state index in [1.54, 1.807) is 0 Å². The van der Waals surface area contributed by atoms with Gasteiger partial charge in [0.15, 0.2) is 0 Å². The lowest BCUT2D eigenvalue weighted by molar-refractivity contribution is -0.140. The summed E-state index contributed by atoms with van der Waals surface area (Å²) in [7, 11) is 1.16. The Bertz CT molecular complexity index is 471. The van der Waals surface area contributed by atoms with Crippen LogP contribution in [0.1, 0.15) is 5.69 Å². The summed E-state index contributed by atoms with van der Waals surface area (Å²) in [6, 6.07) is 0. The van der Waals surface area contributed by atoms with Gasteiger partial charge in [-0.25, -0.2) is 4.79 Å². The summed E-state index contributed by atoms with van der Waals surface area (Å²) >= 11 is 0. The Morgan fingerprint density at radius 1 is 1.50 bits per heavy atom. The normalized spacial score (nSPS) is 10.1. The molecule has 0 bridgehead atoms. The van der Waals surface area contributed by atoms with Gasteiger partial charge in [-0.2, -0.15) is 0 Å². The molecule has 0 saturated carbocycles. The van der Waals surface area contributed by atoms with E-state index in [0.717, 1.165) is 7.11 Å². The van der Waals surface area contributed by atoms with Gasteiger partial charge in [-0.15, -0.1) is 0 Å².